The molecule has 2 aromatic carbocycles. The van der Waals surface area contributed by atoms with Gasteiger partial charge in [0.2, 0.25) is 5.91 Å². The van der Waals surface area contributed by atoms with Gasteiger partial charge in [-0.2, -0.15) is 0 Å². The second-order valence-corrected chi connectivity index (χ2v) is 9.21. The van der Waals surface area contributed by atoms with E-state index in [1.165, 1.54) is 5.56 Å². The topological polar surface area (TPSA) is 52.7 Å². The van der Waals surface area contributed by atoms with Gasteiger partial charge in [0.25, 0.3) is 5.91 Å². The average molecular weight is 408 g/mol. The lowest BCUT2D eigenvalue weighted by molar-refractivity contribution is -0.117. The fraction of sp³-hybridized carbons (Fsp3) is 0.440. The molecule has 5 nitrogen and oxygen atoms in total. The SMILES string of the molecule is Cc1cccc(C)c1NC(=O)CN1CCN(C(=O)c2ccc(C(C)(C)C)cc2)CC1. The third-order valence-corrected chi connectivity index (χ3v) is 5.77. The highest BCUT2D eigenvalue weighted by atomic mass is 16.2. The van der Waals surface area contributed by atoms with E-state index in [1.807, 2.05) is 61.2 Å². The molecule has 1 heterocycles. The predicted octanol–water partition coefficient (Wildman–Crippen LogP) is 4.00. The summed E-state index contributed by atoms with van der Waals surface area (Å²) in [4.78, 5) is 29.3. The highest BCUT2D eigenvalue weighted by Crippen LogP contribution is 2.23. The number of carbonyl (C=O) groups excluding carboxylic acids is 2. The van der Waals surface area contributed by atoms with Crippen molar-refractivity contribution in [3.63, 3.8) is 0 Å². The fourth-order valence-corrected chi connectivity index (χ4v) is 3.80. The van der Waals surface area contributed by atoms with Gasteiger partial charge in [0, 0.05) is 37.4 Å². The van der Waals surface area contributed by atoms with Gasteiger partial charge in [-0.1, -0.05) is 51.1 Å². The second-order valence-electron chi connectivity index (χ2n) is 9.21. The number of hydrogen-bond donors (Lipinski definition) is 1. The maximum atomic E-state index is 12.8. The van der Waals surface area contributed by atoms with Crippen molar-refractivity contribution in [2.75, 3.05) is 38.0 Å². The number of anilines is 1. The zero-order valence-corrected chi connectivity index (χ0v) is 18.8. The molecule has 0 spiro atoms. The molecule has 1 aliphatic rings. The molecule has 3 rings (SSSR count). The standard InChI is InChI=1S/C25H33N3O2/c1-18-7-6-8-19(2)23(18)26-22(29)17-27-13-15-28(16-14-27)24(30)20-9-11-21(12-10-20)25(3,4)5/h6-12H,13-17H2,1-5H3,(H,26,29). The minimum atomic E-state index is -0.00931. The van der Waals surface area contributed by atoms with Gasteiger partial charge in [0.05, 0.1) is 6.54 Å². The number of benzene rings is 2. The van der Waals surface area contributed by atoms with Crippen molar-refractivity contribution in [1.29, 1.82) is 0 Å². The summed E-state index contributed by atoms with van der Waals surface area (Å²) in [6.45, 7) is 13.5. The molecule has 1 fully saturated rings. The lowest BCUT2D eigenvalue weighted by Crippen LogP contribution is -2.50. The van der Waals surface area contributed by atoms with E-state index in [0.717, 1.165) is 22.4 Å². The minimum Gasteiger partial charge on any atom is -0.336 e. The molecular formula is C25H33N3O2. The third kappa shape index (κ3) is 5.28. The van der Waals surface area contributed by atoms with Crippen LogP contribution in [0.25, 0.3) is 0 Å². The maximum Gasteiger partial charge on any atom is 0.253 e. The Labute approximate surface area is 180 Å². The maximum absolute atomic E-state index is 12.8. The van der Waals surface area contributed by atoms with Crippen molar-refractivity contribution in [3.05, 3.63) is 64.7 Å². The summed E-state index contributed by atoms with van der Waals surface area (Å²) >= 11 is 0. The zero-order chi connectivity index (χ0) is 21.9. The molecular weight excluding hydrogens is 374 g/mol. The first kappa shape index (κ1) is 22.0. The Morgan fingerprint density at radius 2 is 1.47 bits per heavy atom. The van der Waals surface area contributed by atoms with E-state index in [1.54, 1.807) is 0 Å². The highest BCUT2D eigenvalue weighted by molar-refractivity contribution is 5.95. The van der Waals surface area contributed by atoms with Crippen molar-refractivity contribution in [2.24, 2.45) is 0 Å². The van der Waals surface area contributed by atoms with Crippen LogP contribution in [0, 0.1) is 13.8 Å². The largest absolute Gasteiger partial charge is 0.336 e. The first-order valence-electron chi connectivity index (χ1n) is 10.6. The van der Waals surface area contributed by atoms with Crippen LogP contribution < -0.4 is 5.32 Å². The van der Waals surface area contributed by atoms with E-state index in [-0.39, 0.29) is 17.2 Å². The first-order chi connectivity index (χ1) is 14.1. The van der Waals surface area contributed by atoms with Crippen molar-refractivity contribution in [2.45, 2.75) is 40.0 Å². The Bertz CT molecular complexity index is 885. The number of aryl methyl sites for hydroxylation is 2. The summed E-state index contributed by atoms with van der Waals surface area (Å²) in [5.74, 6) is 0.0556. The van der Waals surface area contributed by atoms with Gasteiger partial charge in [-0.15, -0.1) is 0 Å². The lowest BCUT2D eigenvalue weighted by Gasteiger charge is -2.34. The third-order valence-electron chi connectivity index (χ3n) is 5.77. The van der Waals surface area contributed by atoms with Crippen molar-refractivity contribution < 1.29 is 9.59 Å². The highest BCUT2D eigenvalue weighted by Gasteiger charge is 2.24. The van der Waals surface area contributed by atoms with Gasteiger partial charge in [0.1, 0.15) is 0 Å². The molecule has 1 N–H and O–H groups in total. The molecule has 5 heteroatoms. The molecule has 0 atom stereocenters. The van der Waals surface area contributed by atoms with Crippen LogP contribution in [0.5, 0.6) is 0 Å². The van der Waals surface area contributed by atoms with E-state index in [0.29, 0.717) is 32.7 Å². The Hall–Kier alpha value is -2.66. The molecule has 2 amide bonds. The molecule has 0 saturated carbocycles. The number of para-hydroxylation sites is 1. The van der Waals surface area contributed by atoms with E-state index in [9.17, 15) is 9.59 Å². The van der Waals surface area contributed by atoms with Crippen LogP contribution in [0.15, 0.2) is 42.5 Å². The van der Waals surface area contributed by atoms with Crippen molar-refractivity contribution in [3.8, 4) is 0 Å². The van der Waals surface area contributed by atoms with E-state index in [2.05, 4.69) is 31.0 Å². The van der Waals surface area contributed by atoms with Gasteiger partial charge < -0.3 is 10.2 Å². The van der Waals surface area contributed by atoms with E-state index < -0.39 is 0 Å². The predicted molar refractivity (Wildman–Crippen MR) is 122 cm³/mol. The van der Waals surface area contributed by atoms with E-state index in [4.69, 9.17) is 0 Å². The van der Waals surface area contributed by atoms with Gasteiger partial charge in [-0.25, -0.2) is 0 Å². The Morgan fingerprint density at radius 3 is 2.00 bits per heavy atom. The lowest BCUT2D eigenvalue weighted by atomic mass is 9.86. The van der Waals surface area contributed by atoms with Gasteiger partial charge in [0.15, 0.2) is 0 Å². The van der Waals surface area contributed by atoms with Crippen LogP contribution in [0.4, 0.5) is 5.69 Å². The quantitative estimate of drug-likeness (QED) is 0.834. The van der Waals surface area contributed by atoms with Crippen molar-refractivity contribution >= 4 is 17.5 Å². The minimum absolute atomic E-state index is 0.00931. The number of hydrogen-bond acceptors (Lipinski definition) is 3. The number of carbonyl (C=O) groups is 2. The number of nitrogens with one attached hydrogen (secondary N) is 1. The number of rotatable bonds is 4. The summed E-state index contributed by atoms with van der Waals surface area (Å²) in [6, 6.07) is 13.9. The van der Waals surface area contributed by atoms with Crippen LogP contribution in [0.2, 0.25) is 0 Å². The number of piperazine rings is 1. The molecule has 2 aromatic rings. The van der Waals surface area contributed by atoms with Crippen LogP contribution in [-0.4, -0.2) is 54.3 Å². The Kier molecular flexibility index (Phi) is 6.61. The summed E-state index contributed by atoms with van der Waals surface area (Å²) in [7, 11) is 0. The van der Waals surface area contributed by atoms with Crippen LogP contribution >= 0.6 is 0 Å². The van der Waals surface area contributed by atoms with Crippen LogP contribution in [-0.2, 0) is 10.2 Å². The van der Waals surface area contributed by atoms with Gasteiger partial charge >= 0.3 is 0 Å². The second kappa shape index (κ2) is 9.00. The number of amides is 2. The van der Waals surface area contributed by atoms with Gasteiger partial charge in [-0.05, 0) is 48.1 Å². The molecule has 0 aromatic heterocycles. The molecule has 0 bridgehead atoms. The summed E-state index contributed by atoms with van der Waals surface area (Å²) in [5.41, 5.74) is 5.05. The van der Waals surface area contributed by atoms with E-state index >= 15 is 0 Å². The smallest absolute Gasteiger partial charge is 0.253 e. The molecule has 0 unspecified atom stereocenters. The summed E-state index contributed by atoms with van der Waals surface area (Å²) in [5, 5.41) is 3.04. The molecule has 1 saturated heterocycles. The molecule has 1 aliphatic heterocycles. The van der Waals surface area contributed by atoms with Crippen molar-refractivity contribution in [1.82, 2.24) is 9.80 Å². The fourth-order valence-electron chi connectivity index (χ4n) is 3.80. The molecule has 160 valence electrons. The monoisotopic (exact) mass is 407 g/mol. The zero-order valence-electron chi connectivity index (χ0n) is 18.8. The molecule has 30 heavy (non-hydrogen) atoms. The van der Waals surface area contributed by atoms with Crippen LogP contribution in [0.3, 0.4) is 0 Å². The van der Waals surface area contributed by atoms with Crippen LogP contribution in [0.1, 0.15) is 47.8 Å². The number of nitrogens with zero attached hydrogens (tertiary/aromatic N) is 2. The Morgan fingerprint density at radius 1 is 0.900 bits per heavy atom. The summed E-state index contributed by atoms with van der Waals surface area (Å²) < 4.78 is 0. The average Bonchev–Trinajstić information content (AvgIpc) is 2.70. The normalized spacial score (nSPS) is 15.2. The molecule has 0 radical (unpaired) electrons. The molecule has 0 aliphatic carbocycles. The first-order valence-corrected chi connectivity index (χ1v) is 10.6. The van der Waals surface area contributed by atoms with Gasteiger partial charge in [-0.3, -0.25) is 14.5 Å². The summed E-state index contributed by atoms with van der Waals surface area (Å²) in [6.07, 6.45) is 0. The Balaban J connectivity index is 1.52.